The fraction of sp³-hybridized carbons (Fsp3) is 0.818. The number of nitrogens with one attached hydrogen (secondary N) is 1. The molecule has 0 saturated carbocycles. The SMILES string of the molecule is CC(C)(C)NCc1ncnn1CCCS(C)(=O)=O. The van der Waals surface area contributed by atoms with Crippen LogP contribution in [0.15, 0.2) is 6.33 Å². The van der Waals surface area contributed by atoms with Crippen molar-refractivity contribution in [3.05, 3.63) is 12.2 Å². The minimum atomic E-state index is -2.90. The second kappa shape index (κ2) is 5.79. The summed E-state index contributed by atoms with van der Waals surface area (Å²) < 4.78 is 23.8. The van der Waals surface area contributed by atoms with E-state index in [9.17, 15) is 8.42 Å². The number of aryl methyl sites for hydroxylation is 1. The van der Waals surface area contributed by atoms with Crippen LogP contribution in [0, 0.1) is 0 Å². The Bertz CT molecular complexity index is 473. The zero-order valence-electron chi connectivity index (χ0n) is 11.5. The fourth-order valence-electron chi connectivity index (χ4n) is 1.43. The van der Waals surface area contributed by atoms with E-state index in [4.69, 9.17) is 0 Å². The zero-order valence-corrected chi connectivity index (χ0v) is 12.3. The van der Waals surface area contributed by atoms with E-state index < -0.39 is 9.84 Å². The average molecular weight is 274 g/mol. The average Bonchev–Trinajstić information content (AvgIpc) is 2.59. The lowest BCUT2D eigenvalue weighted by molar-refractivity contribution is 0.407. The maximum atomic E-state index is 11.0. The smallest absolute Gasteiger partial charge is 0.147 e. The molecule has 1 heterocycles. The van der Waals surface area contributed by atoms with Crippen molar-refractivity contribution < 1.29 is 8.42 Å². The highest BCUT2D eigenvalue weighted by atomic mass is 32.2. The van der Waals surface area contributed by atoms with Crippen LogP contribution in [0.2, 0.25) is 0 Å². The van der Waals surface area contributed by atoms with Gasteiger partial charge in [0.2, 0.25) is 0 Å². The number of hydrogen-bond donors (Lipinski definition) is 1. The van der Waals surface area contributed by atoms with Gasteiger partial charge in [-0.2, -0.15) is 5.10 Å². The predicted octanol–water partition coefficient (Wildman–Crippen LogP) is 0.601. The molecular formula is C11H22N4O2S. The lowest BCUT2D eigenvalue weighted by Crippen LogP contribution is -2.36. The molecule has 0 aromatic carbocycles. The van der Waals surface area contributed by atoms with Crippen molar-refractivity contribution in [1.82, 2.24) is 20.1 Å². The maximum absolute atomic E-state index is 11.0. The summed E-state index contributed by atoms with van der Waals surface area (Å²) in [6, 6.07) is 0. The second-order valence-corrected chi connectivity index (χ2v) is 7.75. The third kappa shape index (κ3) is 6.11. The molecule has 1 aromatic rings. The van der Waals surface area contributed by atoms with Gasteiger partial charge < -0.3 is 5.32 Å². The quantitative estimate of drug-likeness (QED) is 0.822. The number of rotatable bonds is 6. The van der Waals surface area contributed by atoms with Gasteiger partial charge in [-0.25, -0.2) is 18.1 Å². The van der Waals surface area contributed by atoms with Crippen molar-refractivity contribution in [3.63, 3.8) is 0 Å². The molecule has 7 heteroatoms. The van der Waals surface area contributed by atoms with Crippen LogP contribution in [-0.2, 0) is 22.9 Å². The minimum Gasteiger partial charge on any atom is -0.305 e. The second-order valence-electron chi connectivity index (χ2n) is 5.49. The third-order valence-electron chi connectivity index (χ3n) is 2.36. The van der Waals surface area contributed by atoms with Crippen LogP contribution in [0.25, 0.3) is 0 Å². The summed E-state index contributed by atoms with van der Waals surface area (Å²) in [4.78, 5) is 4.17. The Balaban J connectivity index is 2.50. The first kappa shape index (κ1) is 15.1. The molecule has 0 fully saturated rings. The van der Waals surface area contributed by atoms with E-state index in [1.807, 2.05) is 0 Å². The minimum absolute atomic E-state index is 0.0174. The molecule has 18 heavy (non-hydrogen) atoms. The number of sulfone groups is 1. The molecule has 0 aliphatic heterocycles. The van der Waals surface area contributed by atoms with Crippen LogP contribution in [0.3, 0.4) is 0 Å². The molecule has 0 aliphatic rings. The predicted molar refractivity (Wildman–Crippen MR) is 70.9 cm³/mol. The fourth-order valence-corrected chi connectivity index (χ4v) is 2.09. The number of nitrogens with zero attached hydrogens (tertiary/aromatic N) is 3. The van der Waals surface area contributed by atoms with E-state index in [0.29, 0.717) is 19.5 Å². The van der Waals surface area contributed by atoms with Gasteiger partial charge in [0.05, 0.1) is 12.3 Å². The van der Waals surface area contributed by atoms with Gasteiger partial charge in [0.1, 0.15) is 22.0 Å². The Hall–Kier alpha value is -0.950. The topological polar surface area (TPSA) is 76.9 Å². The van der Waals surface area contributed by atoms with Gasteiger partial charge in [0.15, 0.2) is 0 Å². The summed E-state index contributed by atoms with van der Waals surface area (Å²) >= 11 is 0. The molecule has 0 bridgehead atoms. The molecule has 0 spiro atoms. The van der Waals surface area contributed by atoms with E-state index >= 15 is 0 Å². The lowest BCUT2D eigenvalue weighted by Gasteiger charge is -2.20. The van der Waals surface area contributed by atoms with Crippen molar-refractivity contribution in [3.8, 4) is 0 Å². The monoisotopic (exact) mass is 274 g/mol. The molecule has 104 valence electrons. The summed E-state index contributed by atoms with van der Waals surface area (Å²) in [6.45, 7) is 7.45. The third-order valence-corrected chi connectivity index (χ3v) is 3.39. The van der Waals surface area contributed by atoms with Crippen molar-refractivity contribution in [2.45, 2.75) is 45.8 Å². The molecule has 6 nitrogen and oxygen atoms in total. The molecule has 1 aromatic heterocycles. The molecule has 1 N–H and O–H groups in total. The largest absolute Gasteiger partial charge is 0.305 e. The highest BCUT2D eigenvalue weighted by Crippen LogP contribution is 2.03. The Morgan fingerprint density at radius 1 is 1.39 bits per heavy atom. The first-order chi connectivity index (χ1) is 8.17. The molecule has 0 aliphatic carbocycles. The summed E-state index contributed by atoms with van der Waals surface area (Å²) in [7, 11) is -2.90. The van der Waals surface area contributed by atoms with Crippen LogP contribution < -0.4 is 5.32 Å². The van der Waals surface area contributed by atoms with Crippen molar-refractivity contribution >= 4 is 9.84 Å². The molecular weight excluding hydrogens is 252 g/mol. The van der Waals surface area contributed by atoms with Gasteiger partial charge in [-0.3, -0.25) is 0 Å². The van der Waals surface area contributed by atoms with Crippen LogP contribution in [0.5, 0.6) is 0 Å². The molecule has 0 amide bonds. The van der Waals surface area contributed by atoms with Gasteiger partial charge in [-0.05, 0) is 27.2 Å². The number of aromatic nitrogens is 3. The zero-order chi connectivity index (χ0) is 13.8. The molecule has 0 unspecified atom stereocenters. The Morgan fingerprint density at radius 3 is 2.61 bits per heavy atom. The van der Waals surface area contributed by atoms with Gasteiger partial charge in [-0.15, -0.1) is 0 Å². The highest BCUT2D eigenvalue weighted by Gasteiger charge is 2.12. The van der Waals surface area contributed by atoms with Crippen LogP contribution in [0.4, 0.5) is 0 Å². The van der Waals surface area contributed by atoms with Gasteiger partial charge in [-0.1, -0.05) is 0 Å². The van der Waals surface area contributed by atoms with Crippen molar-refractivity contribution in [2.24, 2.45) is 0 Å². The van der Waals surface area contributed by atoms with Gasteiger partial charge in [0, 0.05) is 18.3 Å². The van der Waals surface area contributed by atoms with E-state index in [1.165, 1.54) is 12.6 Å². The molecule has 0 radical (unpaired) electrons. The van der Waals surface area contributed by atoms with Crippen LogP contribution in [0.1, 0.15) is 33.0 Å². The molecule has 1 rings (SSSR count). The first-order valence-electron chi connectivity index (χ1n) is 5.97. The lowest BCUT2D eigenvalue weighted by atomic mass is 10.1. The van der Waals surface area contributed by atoms with E-state index in [0.717, 1.165) is 5.82 Å². The molecule has 0 atom stereocenters. The van der Waals surface area contributed by atoms with Crippen molar-refractivity contribution in [2.75, 3.05) is 12.0 Å². The normalized spacial score (nSPS) is 12.9. The highest BCUT2D eigenvalue weighted by molar-refractivity contribution is 7.90. The van der Waals surface area contributed by atoms with Crippen LogP contribution in [-0.4, -0.2) is 40.7 Å². The summed E-state index contributed by atoms with van der Waals surface area (Å²) in [6.07, 6.45) is 3.31. The Kier molecular flexibility index (Phi) is 4.86. The number of hydrogen-bond acceptors (Lipinski definition) is 5. The Morgan fingerprint density at radius 2 is 2.06 bits per heavy atom. The van der Waals surface area contributed by atoms with Gasteiger partial charge in [0.25, 0.3) is 0 Å². The van der Waals surface area contributed by atoms with E-state index in [2.05, 4.69) is 36.2 Å². The summed E-state index contributed by atoms with van der Waals surface area (Å²) in [5.41, 5.74) is 0.0174. The summed E-state index contributed by atoms with van der Waals surface area (Å²) in [5, 5.41) is 7.44. The van der Waals surface area contributed by atoms with E-state index in [-0.39, 0.29) is 11.3 Å². The van der Waals surface area contributed by atoms with Crippen LogP contribution >= 0.6 is 0 Å². The maximum Gasteiger partial charge on any atom is 0.147 e. The first-order valence-corrected chi connectivity index (χ1v) is 8.03. The molecule has 0 saturated heterocycles. The summed E-state index contributed by atoms with van der Waals surface area (Å²) in [5.74, 6) is 1.01. The standard InChI is InChI=1S/C11H22N4O2S/c1-11(2,3)13-8-10-12-9-14-15(10)6-5-7-18(4,16)17/h9,13H,5-8H2,1-4H3. The van der Waals surface area contributed by atoms with E-state index in [1.54, 1.807) is 4.68 Å². The Labute approximate surface area is 109 Å². The van der Waals surface area contributed by atoms with Gasteiger partial charge >= 0.3 is 0 Å². The van der Waals surface area contributed by atoms with Crippen molar-refractivity contribution in [1.29, 1.82) is 0 Å².